The van der Waals surface area contributed by atoms with E-state index < -0.39 is 0 Å². The average molecular weight is 130 g/mol. The van der Waals surface area contributed by atoms with Crippen molar-refractivity contribution in [2.45, 2.75) is 11.7 Å². The van der Waals surface area contributed by atoms with Gasteiger partial charge in [0.25, 0.3) is 0 Å². The van der Waals surface area contributed by atoms with E-state index in [2.05, 4.69) is 6.07 Å². The van der Waals surface area contributed by atoms with Gasteiger partial charge in [-0.1, -0.05) is 0 Å². The fraction of sp³-hybridized carbons (Fsp3) is 0.667. The summed E-state index contributed by atoms with van der Waals surface area (Å²) in [5.74, 6) is 0. The predicted octanol–water partition coefficient (Wildman–Crippen LogP) is -0.316. The molecule has 0 heterocycles. The van der Waals surface area contributed by atoms with E-state index in [1.807, 2.05) is 0 Å². The number of nitrogens with zero attached hydrogens (tertiary/aromatic N) is 1. The Bertz CT molecular complexity index is 45.3. The van der Waals surface area contributed by atoms with Crippen LogP contribution in [0.5, 0.6) is 0 Å². The third kappa shape index (κ3) is 4.03. The van der Waals surface area contributed by atoms with Gasteiger partial charge in [-0.2, -0.15) is 0 Å². The van der Waals surface area contributed by atoms with Gasteiger partial charge in [0.05, 0.1) is 0 Å². The Labute approximate surface area is 40.2 Å². The van der Waals surface area contributed by atoms with Crippen LogP contribution in [0.4, 0.5) is 0 Å². The molecule has 5 heavy (non-hydrogen) atoms. The van der Waals surface area contributed by atoms with Crippen molar-refractivity contribution in [1.29, 1.82) is 5.26 Å². The van der Waals surface area contributed by atoms with Crippen LogP contribution in [0.2, 0.25) is 5.25 Å². The SMILES string of the molecule is N#CC[CH2][GeH3]. The molecule has 0 radical (unpaired) electrons. The van der Waals surface area contributed by atoms with E-state index in [9.17, 15) is 0 Å². The standard InChI is InChI=1S/C3H7GeN/c4-2-1-3-5/h1-2H2,4H3. The van der Waals surface area contributed by atoms with Gasteiger partial charge in [0.15, 0.2) is 0 Å². The molecule has 0 saturated carbocycles. The Morgan fingerprint density at radius 3 is 2.40 bits per heavy atom. The van der Waals surface area contributed by atoms with Crippen LogP contribution in [0.1, 0.15) is 6.42 Å². The second-order valence-corrected chi connectivity index (χ2v) is 3.01. The fourth-order valence-corrected chi connectivity index (χ4v) is 0.581. The molecule has 2 heteroatoms. The Hall–Kier alpha value is 0.0329. The molecule has 0 aromatic rings. The molecule has 1 nitrogen and oxygen atoms in total. The topological polar surface area (TPSA) is 23.8 Å². The zero-order valence-corrected chi connectivity index (χ0v) is 7.56. The summed E-state index contributed by atoms with van der Waals surface area (Å²) in [6.07, 6.45) is 0.778. The van der Waals surface area contributed by atoms with Crippen LogP contribution in [-0.2, 0) is 0 Å². The van der Waals surface area contributed by atoms with Gasteiger partial charge >= 0.3 is 39.5 Å². The van der Waals surface area contributed by atoms with E-state index >= 15 is 0 Å². The molecule has 0 saturated heterocycles. The van der Waals surface area contributed by atoms with Crippen LogP contribution in [0, 0.1) is 11.3 Å². The van der Waals surface area contributed by atoms with Crippen molar-refractivity contribution >= 4 is 16.5 Å². The molecule has 0 N–H and O–H groups in total. The summed E-state index contributed by atoms with van der Waals surface area (Å²) in [4.78, 5) is 0. The van der Waals surface area contributed by atoms with Gasteiger partial charge in [-0.15, -0.1) is 0 Å². The summed E-state index contributed by atoms with van der Waals surface area (Å²) in [6.45, 7) is 0. The summed E-state index contributed by atoms with van der Waals surface area (Å²) in [7, 11) is 0. The predicted molar refractivity (Wildman–Crippen MR) is 25.0 cm³/mol. The van der Waals surface area contributed by atoms with Crippen LogP contribution in [0.25, 0.3) is 0 Å². The monoisotopic (exact) mass is 131 g/mol. The first kappa shape index (κ1) is 5.03. The minimum absolute atomic E-state index is 0.778. The summed E-state index contributed by atoms with van der Waals surface area (Å²) in [5.41, 5.74) is 0. The van der Waals surface area contributed by atoms with Crippen LogP contribution in [0.15, 0.2) is 0 Å². The summed E-state index contributed by atoms with van der Waals surface area (Å²) < 4.78 is 0. The molecule has 0 bridgehead atoms. The quantitative estimate of drug-likeness (QED) is 0.446. The second kappa shape index (κ2) is 4.03. The van der Waals surface area contributed by atoms with Gasteiger partial charge in [-0.05, 0) is 0 Å². The van der Waals surface area contributed by atoms with E-state index in [4.69, 9.17) is 5.26 Å². The van der Waals surface area contributed by atoms with Crippen LogP contribution >= 0.6 is 0 Å². The van der Waals surface area contributed by atoms with Crippen molar-refractivity contribution in [2.24, 2.45) is 0 Å². The van der Waals surface area contributed by atoms with Gasteiger partial charge in [0.2, 0.25) is 0 Å². The molecule has 0 fully saturated rings. The summed E-state index contributed by atoms with van der Waals surface area (Å²) in [5, 5.41) is 9.02. The minimum atomic E-state index is 0.778. The number of hydrogen-bond acceptors (Lipinski definition) is 1. The average Bonchev–Trinajstić information content (AvgIpc) is 1.41. The number of rotatable bonds is 1. The van der Waals surface area contributed by atoms with E-state index in [-0.39, 0.29) is 0 Å². The Morgan fingerprint density at radius 1 is 1.80 bits per heavy atom. The van der Waals surface area contributed by atoms with Crippen molar-refractivity contribution < 1.29 is 0 Å². The molecular weight excluding hydrogens is 123 g/mol. The van der Waals surface area contributed by atoms with Crippen molar-refractivity contribution in [1.82, 2.24) is 0 Å². The number of hydrogen-bond donors (Lipinski definition) is 0. The van der Waals surface area contributed by atoms with Crippen molar-refractivity contribution in [3.8, 4) is 6.07 Å². The van der Waals surface area contributed by atoms with Gasteiger partial charge in [0.1, 0.15) is 0 Å². The molecule has 0 aromatic carbocycles. The van der Waals surface area contributed by atoms with E-state index in [0.717, 1.165) is 22.9 Å². The van der Waals surface area contributed by atoms with Crippen molar-refractivity contribution in [3.05, 3.63) is 0 Å². The third-order valence-electron chi connectivity index (χ3n) is 0.362. The van der Waals surface area contributed by atoms with Gasteiger partial charge in [0, 0.05) is 0 Å². The summed E-state index contributed by atoms with van der Waals surface area (Å²) in [6, 6.07) is 2.06. The van der Waals surface area contributed by atoms with Gasteiger partial charge < -0.3 is 0 Å². The molecule has 0 atom stereocenters. The van der Waals surface area contributed by atoms with Crippen LogP contribution in [0.3, 0.4) is 0 Å². The van der Waals surface area contributed by atoms with E-state index in [1.165, 1.54) is 5.25 Å². The Kier molecular flexibility index (Phi) is 4.06. The molecule has 0 aliphatic carbocycles. The van der Waals surface area contributed by atoms with Gasteiger partial charge in [-0.3, -0.25) is 0 Å². The molecular formula is C3H7GeN. The first-order chi connectivity index (χ1) is 2.41. The Balaban J connectivity index is 2.48. The number of nitriles is 1. The van der Waals surface area contributed by atoms with Crippen molar-refractivity contribution in [3.63, 3.8) is 0 Å². The zero-order chi connectivity index (χ0) is 4.12. The first-order valence-electron chi connectivity index (χ1n) is 1.78. The summed E-state index contributed by atoms with van der Waals surface area (Å²) >= 11 is 0.892. The first-order valence-corrected chi connectivity index (χ1v) is 4.75. The molecule has 0 aliphatic heterocycles. The molecule has 0 aromatic heterocycles. The third-order valence-corrected chi connectivity index (χ3v) is 1.41. The normalized spacial score (nSPS) is 7.00. The van der Waals surface area contributed by atoms with Crippen LogP contribution in [-0.4, -0.2) is 16.5 Å². The van der Waals surface area contributed by atoms with E-state index in [0.29, 0.717) is 0 Å². The fourth-order valence-electron chi connectivity index (χ4n) is 0.112. The second-order valence-electron chi connectivity index (χ2n) is 0.908. The molecule has 0 spiro atoms. The maximum atomic E-state index is 7.85. The zero-order valence-electron chi connectivity index (χ0n) is 3.36. The van der Waals surface area contributed by atoms with Crippen molar-refractivity contribution in [2.75, 3.05) is 0 Å². The van der Waals surface area contributed by atoms with E-state index in [1.54, 1.807) is 0 Å². The molecule has 0 rings (SSSR count). The van der Waals surface area contributed by atoms with Gasteiger partial charge in [-0.25, -0.2) is 0 Å². The molecule has 0 unspecified atom stereocenters. The maximum absolute atomic E-state index is 7.85. The molecule has 28 valence electrons. The Morgan fingerprint density at radius 2 is 2.40 bits per heavy atom. The molecule has 0 amide bonds. The van der Waals surface area contributed by atoms with Crippen LogP contribution < -0.4 is 0 Å². The molecule has 0 aliphatic rings.